The number of hydrogen-bond donors (Lipinski definition) is 2. The molecule has 0 aliphatic rings. The molecule has 1 N–H and O–H groups in total. The lowest BCUT2D eigenvalue weighted by Gasteiger charge is -1.95. The van der Waals surface area contributed by atoms with Gasteiger partial charge in [0, 0.05) is 6.42 Å². The summed E-state index contributed by atoms with van der Waals surface area (Å²) in [5, 5.41) is 8.23. The van der Waals surface area contributed by atoms with E-state index in [9.17, 15) is 13.2 Å². The smallest absolute Gasteiger partial charge is 0.303 e. The molecule has 0 saturated heterocycles. The van der Waals surface area contributed by atoms with Gasteiger partial charge in [-0.25, -0.2) is 8.42 Å². The summed E-state index contributed by atoms with van der Waals surface area (Å²) in [4.78, 5) is 10.0. The standard InChI is InChI=1S/C6H12O5S/c7-6(8)4-2-1-3-5-11-12(9)10/h12H,1-5H2,(H,7,8). The molecule has 6 heteroatoms. The fraction of sp³-hybridized carbons (Fsp3) is 0.833. The SMILES string of the molecule is O=C(O)CCCCCO[SH](=O)=O. The lowest BCUT2D eigenvalue weighted by atomic mass is 10.2. The van der Waals surface area contributed by atoms with Crippen molar-refractivity contribution < 1.29 is 22.5 Å². The monoisotopic (exact) mass is 196 g/mol. The number of unbranched alkanes of at least 4 members (excludes halogenated alkanes) is 2. The number of aliphatic carboxylic acids is 1. The number of rotatable bonds is 7. The van der Waals surface area contributed by atoms with Crippen LogP contribution in [0.2, 0.25) is 0 Å². The molecule has 72 valence electrons. The van der Waals surface area contributed by atoms with Gasteiger partial charge < -0.3 is 5.11 Å². The maximum absolute atomic E-state index is 10.0. The van der Waals surface area contributed by atoms with Crippen LogP contribution in [-0.4, -0.2) is 26.1 Å². The van der Waals surface area contributed by atoms with E-state index in [4.69, 9.17) is 5.11 Å². The maximum Gasteiger partial charge on any atom is 0.303 e. The largest absolute Gasteiger partial charge is 0.481 e. The summed E-state index contributed by atoms with van der Waals surface area (Å²) in [5.74, 6) is -0.828. The van der Waals surface area contributed by atoms with Crippen molar-refractivity contribution in [3.63, 3.8) is 0 Å². The van der Waals surface area contributed by atoms with E-state index >= 15 is 0 Å². The third kappa shape index (κ3) is 9.38. The average Bonchev–Trinajstić information content (AvgIpc) is 1.95. The second-order valence-corrected chi connectivity index (χ2v) is 2.97. The van der Waals surface area contributed by atoms with Gasteiger partial charge in [0.25, 0.3) is 11.0 Å². The number of carboxylic acid groups (broad SMARTS) is 1. The van der Waals surface area contributed by atoms with Crippen molar-refractivity contribution in [1.82, 2.24) is 0 Å². The zero-order valence-electron chi connectivity index (χ0n) is 6.56. The van der Waals surface area contributed by atoms with Crippen molar-refractivity contribution in [2.45, 2.75) is 25.7 Å². The van der Waals surface area contributed by atoms with Crippen LogP contribution in [0.1, 0.15) is 25.7 Å². The highest BCUT2D eigenvalue weighted by atomic mass is 32.2. The van der Waals surface area contributed by atoms with Gasteiger partial charge in [0.05, 0.1) is 6.61 Å². The van der Waals surface area contributed by atoms with Gasteiger partial charge in [0.1, 0.15) is 0 Å². The summed E-state index contributed by atoms with van der Waals surface area (Å²) in [5.41, 5.74) is 0. The van der Waals surface area contributed by atoms with E-state index in [-0.39, 0.29) is 13.0 Å². The molecule has 0 aliphatic carbocycles. The van der Waals surface area contributed by atoms with E-state index in [0.717, 1.165) is 0 Å². The number of thiol groups is 1. The predicted octanol–water partition coefficient (Wildman–Crippen LogP) is 0.174. The van der Waals surface area contributed by atoms with Gasteiger partial charge in [0.15, 0.2) is 0 Å². The Hall–Kier alpha value is -0.620. The first-order chi connectivity index (χ1) is 5.63. The van der Waals surface area contributed by atoms with Gasteiger partial charge >= 0.3 is 5.97 Å². The first-order valence-electron chi connectivity index (χ1n) is 3.62. The fourth-order valence-corrected chi connectivity index (χ4v) is 0.972. The molecule has 0 atom stereocenters. The maximum atomic E-state index is 10.0. The van der Waals surface area contributed by atoms with E-state index in [0.29, 0.717) is 19.3 Å². The van der Waals surface area contributed by atoms with Crippen molar-refractivity contribution in [1.29, 1.82) is 0 Å². The second kappa shape index (κ2) is 7.05. The highest BCUT2D eigenvalue weighted by Gasteiger charge is 1.96. The Bertz CT molecular complexity index is 190. The van der Waals surface area contributed by atoms with Crippen LogP contribution >= 0.6 is 0 Å². The minimum atomic E-state index is -2.75. The van der Waals surface area contributed by atoms with Crippen LogP contribution in [0.3, 0.4) is 0 Å². The molecule has 5 nitrogen and oxygen atoms in total. The first-order valence-corrected chi connectivity index (χ1v) is 4.71. The van der Waals surface area contributed by atoms with Crippen LogP contribution in [0.5, 0.6) is 0 Å². The molecule has 0 spiro atoms. The number of carboxylic acids is 1. The van der Waals surface area contributed by atoms with Gasteiger partial charge in [-0.05, 0) is 12.8 Å². The molecule has 0 saturated carbocycles. The Morgan fingerprint density at radius 3 is 2.42 bits per heavy atom. The summed E-state index contributed by atoms with van der Waals surface area (Å²) < 4.78 is 24.0. The van der Waals surface area contributed by atoms with Gasteiger partial charge in [-0.1, -0.05) is 6.42 Å². The van der Waals surface area contributed by atoms with Gasteiger partial charge in [-0.2, -0.15) is 0 Å². The fourth-order valence-electron chi connectivity index (χ4n) is 0.694. The van der Waals surface area contributed by atoms with Crippen LogP contribution in [0.25, 0.3) is 0 Å². The van der Waals surface area contributed by atoms with Crippen LogP contribution in [-0.2, 0) is 20.0 Å². The lowest BCUT2D eigenvalue weighted by molar-refractivity contribution is -0.137. The van der Waals surface area contributed by atoms with E-state index in [1.807, 2.05) is 0 Å². The molecule has 0 fully saturated rings. The Labute approximate surface area is 72.5 Å². The predicted molar refractivity (Wildman–Crippen MR) is 42.4 cm³/mol. The summed E-state index contributed by atoms with van der Waals surface area (Å²) in [6, 6.07) is 0. The molecular formula is C6H12O5S. The highest BCUT2D eigenvalue weighted by Crippen LogP contribution is 1.99. The summed E-state index contributed by atoms with van der Waals surface area (Å²) >= 11 is 0. The Morgan fingerprint density at radius 2 is 1.92 bits per heavy atom. The average molecular weight is 196 g/mol. The quantitative estimate of drug-likeness (QED) is 0.448. The summed E-state index contributed by atoms with van der Waals surface area (Å²) in [6.45, 7) is 0.151. The van der Waals surface area contributed by atoms with Gasteiger partial charge in [-0.15, -0.1) is 0 Å². The highest BCUT2D eigenvalue weighted by molar-refractivity contribution is 7.67. The minimum Gasteiger partial charge on any atom is -0.481 e. The van der Waals surface area contributed by atoms with E-state index in [1.54, 1.807) is 0 Å². The van der Waals surface area contributed by atoms with Gasteiger partial charge in [-0.3, -0.25) is 8.98 Å². The second-order valence-electron chi connectivity index (χ2n) is 2.26. The van der Waals surface area contributed by atoms with Crippen LogP contribution in [0.4, 0.5) is 0 Å². The molecule has 0 heterocycles. The molecule has 0 aromatic carbocycles. The van der Waals surface area contributed by atoms with Crippen molar-refractivity contribution in [3.8, 4) is 0 Å². The first kappa shape index (κ1) is 11.4. The molecule has 0 amide bonds. The van der Waals surface area contributed by atoms with Crippen LogP contribution in [0.15, 0.2) is 0 Å². The Kier molecular flexibility index (Phi) is 6.69. The molecule has 0 radical (unpaired) electrons. The number of hydrogen-bond acceptors (Lipinski definition) is 4. The minimum absolute atomic E-state index is 0.128. The number of carbonyl (C=O) groups is 1. The molecule has 0 unspecified atom stereocenters. The molecule has 12 heavy (non-hydrogen) atoms. The van der Waals surface area contributed by atoms with Crippen molar-refractivity contribution in [2.75, 3.05) is 6.61 Å². The van der Waals surface area contributed by atoms with Crippen molar-refractivity contribution in [3.05, 3.63) is 0 Å². The van der Waals surface area contributed by atoms with Crippen LogP contribution in [0, 0.1) is 0 Å². The third-order valence-electron chi connectivity index (χ3n) is 1.23. The molecule has 0 aromatic rings. The van der Waals surface area contributed by atoms with Gasteiger partial charge in [0.2, 0.25) is 0 Å². The van der Waals surface area contributed by atoms with Crippen molar-refractivity contribution in [2.24, 2.45) is 0 Å². The Morgan fingerprint density at radius 1 is 1.25 bits per heavy atom. The molecule has 0 aliphatic heterocycles. The zero-order chi connectivity index (χ0) is 9.40. The van der Waals surface area contributed by atoms with E-state index in [1.165, 1.54) is 0 Å². The molecule has 0 aromatic heterocycles. The van der Waals surface area contributed by atoms with Crippen LogP contribution < -0.4 is 0 Å². The van der Waals surface area contributed by atoms with E-state index < -0.39 is 17.0 Å². The third-order valence-corrected chi connectivity index (χ3v) is 1.63. The van der Waals surface area contributed by atoms with Crippen molar-refractivity contribution >= 4 is 17.0 Å². The zero-order valence-corrected chi connectivity index (χ0v) is 7.46. The normalized spacial score (nSPS) is 10.4. The Balaban J connectivity index is 3.06. The molecular weight excluding hydrogens is 184 g/mol. The molecule has 0 bridgehead atoms. The van der Waals surface area contributed by atoms with E-state index in [2.05, 4.69) is 4.18 Å². The lowest BCUT2D eigenvalue weighted by Crippen LogP contribution is -1.96. The summed E-state index contributed by atoms with van der Waals surface area (Å²) in [6.07, 6.45) is 1.95. The molecule has 0 rings (SSSR count). The topological polar surface area (TPSA) is 80.7 Å². The summed E-state index contributed by atoms with van der Waals surface area (Å²) in [7, 11) is -2.75.